The zero-order chi connectivity index (χ0) is 19.5. The van der Waals surface area contributed by atoms with Crippen LogP contribution in [-0.2, 0) is 17.8 Å². The highest BCUT2D eigenvalue weighted by atomic mass is 19.1. The zero-order valence-corrected chi connectivity index (χ0v) is 15.3. The first-order valence-electron chi connectivity index (χ1n) is 8.88. The number of hydrogen-bond donors (Lipinski definition) is 1. The minimum absolute atomic E-state index is 0.0938. The summed E-state index contributed by atoms with van der Waals surface area (Å²) in [6.07, 6.45) is 0.0938. The number of nitrogens with zero attached hydrogens (tertiary/aromatic N) is 4. The number of fused-ring (bicyclic) bond motifs is 1. The van der Waals surface area contributed by atoms with Gasteiger partial charge in [0.05, 0.1) is 18.7 Å². The highest BCUT2D eigenvalue weighted by Crippen LogP contribution is 2.18. The van der Waals surface area contributed by atoms with E-state index in [2.05, 4.69) is 20.6 Å². The van der Waals surface area contributed by atoms with Crippen LogP contribution in [0.15, 0.2) is 60.7 Å². The van der Waals surface area contributed by atoms with Crippen LogP contribution in [0.2, 0.25) is 0 Å². The lowest BCUT2D eigenvalue weighted by Crippen LogP contribution is -2.25. The largest absolute Gasteiger partial charge is 0.348 e. The number of nitrogens with one attached hydrogen (secondary N) is 1. The predicted molar refractivity (Wildman–Crippen MR) is 103 cm³/mol. The van der Waals surface area contributed by atoms with E-state index in [0.717, 1.165) is 11.3 Å². The first-order chi connectivity index (χ1) is 13.6. The van der Waals surface area contributed by atoms with Gasteiger partial charge in [0, 0.05) is 5.56 Å². The number of rotatable bonds is 5. The summed E-state index contributed by atoms with van der Waals surface area (Å²) >= 11 is 0. The van der Waals surface area contributed by atoms with Gasteiger partial charge < -0.3 is 5.32 Å². The maximum atomic E-state index is 13.2. The average molecular weight is 375 g/mol. The molecule has 2 heterocycles. The van der Waals surface area contributed by atoms with Crippen LogP contribution in [0.5, 0.6) is 0 Å². The van der Waals surface area contributed by atoms with Gasteiger partial charge in [-0.1, -0.05) is 42.0 Å². The second kappa shape index (κ2) is 7.56. The Morgan fingerprint density at radius 1 is 1.07 bits per heavy atom. The van der Waals surface area contributed by atoms with Crippen molar-refractivity contribution in [1.29, 1.82) is 0 Å². The maximum absolute atomic E-state index is 13.2. The predicted octanol–water partition coefficient (Wildman–Crippen LogP) is 3.10. The molecule has 28 heavy (non-hydrogen) atoms. The van der Waals surface area contributed by atoms with Crippen molar-refractivity contribution in [2.45, 2.75) is 19.9 Å². The van der Waals surface area contributed by atoms with Gasteiger partial charge in [0.15, 0.2) is 11.5 Å². The van der Waals surface area contributed by atoms with Gasteiger partial charge in [0.2, 0.25) is 5.91 Å². The van der Waals surface area contributed by atoms with Crippen molar-refractivity contribution in [3.63, 3.8) is 0 Å². The lowest BCUT2D eigenvalue weighted by atomic mass is 10.1. The lowest BCUT2D eigenvalue weighted by molar-refractivity contribution is -0.120. The number of amides is 1. The highest BCUT2D eigenvalue weighted by molar-refractivity contribution is 5.78. The molecule has 0 atom stereocenters. The van der Waals surface area contributed by atoms with E-state index in [1.165, 1.54) is 17.7 Å². The molecule has 4 aromatic rings. The third kappa shape index (κ3) is 3.88. The number of aryl methyl sites for hydroxylation is 1. The Morgan fingerprint density at radius 3 is 2.68 bits per heavy atom. The molecule has 0 unspecified atom stereocenters. The standard InChI is InChI=1S/C21H18FN5O/c1-14-5-7-16(8-6-14)18-9-10-19-24-25-20(27(19)26-18)13-23-21(28)12-15-3-2-4-17(22)11-15/h2-11H,12-13H2,1H3,(H,23,28). The fraction of sp³-hybridized carbons (Fsp3) is 0.143. The molecule has 0 bridgehead atoms. The lowest BCUT2D eigenvalue weighted by Gasteiger charge is -2.06. The first-order valence-corrected chi connectivity index (χ1v) is 8.88. The Hall–Kier alpha value is -3.61. The SMILES string of the molecule is Cc1ccc(-c2ccc3nnc(CNC(=O)Cc4cccc(F)c4)n3n2)cc1. The van der Waals surface area contributed by atoms with E-state index < -0.39 is 0 Å². The number of benzene rings is 2. The minimum Gasteiger partial charge on any atom is -0.348 e. The van der Waals surface area contributed by atoms with E-state index in [0.29, 0.717) is 17.0 Å². The summed E-state index contributed by atoms with van der Waals surface area (Å²) in [7, 11) is 0. The molecule has 1 N–H and O–H groups in total. The van der Waals surface area contributed by atoms with Crippen LogP contribution in [0.3, 0.4) is 0 Å². The van der Waals surface area contributed by atoms with Crippen LogP contribution in [0.25, 0.3) is 16.9 Å². The zero-order valence-electron chi connectivity index (χ0n) is 15.3. The van der Waals surface area contributed by atoms with E-state index in [1.807, 2.05) is 43.3 Å². The molecule has 4 rings (SSSR count). The molecular formula is C21H18FN5O. The number of halogens is 1. The van der Waals surface area contributed by atoms with Gasteiger partial charge in [0.1, 0.15) is 5.82 Å². The molecule has 0 aliphatic carbocycles. The molecule has 2 aromatic carbocycles. The molecule has 2 aromatic heterocycles. The monoisotopic (exact) mass is 375 g/mol. The number of hydrogen-bond acceptors (Lipinski definition) is 4. The second-order valence-corrected chi connectivity index (χ2v) is 6.55. The van der Waals surface area contributed by atoms with Gasteiger partial charge in [0.25, 0.3) is 0 Å². The van der Waals surface area contributed by atoms with Crippen molar-refractivity contribution in [3.8, 4) is 11.3 Å². The van der Waals surface area contributed by atoms with Gasteiger partial charge in [-0.25, -0.2) is 4.39 Å². The molecule has 0 aliphatic heterocycles. The Bertz CT molecular complexity index is 1140. The highest BCUT2D eigenvalue weighted by Gasteiger charge is 2.11. The van der Waals surface area contributed by atoms with E-state index in [-0.39, 0.29) is 24.7 Å². The average Bonchev–Trinajstić information content (AvgIpc) is 3.09. The Morgan fingerprint density at radius 2 is 1.89 bits per heavy atom. The summed E-state index contributed by atoms with van der Waals surface area (Å²) in [4.78, 5) is 12.2. The molecule has 0 saturated heterocycles. The van der Waals surface area contributed by atoms with Crippen LogP contribution in [0.4, 0.5) is 4.39 Å². The molecule has 0 aliphatic rings. The normalized spacial score (nSPS) is 10.9. The van der Waals surface area contributed by atoms with Gasteiger partial charge >= 0.3 is 0 Å². The summed E-state index contributed by atoms with van der Waals surface area (Å²) < 4.78 is 14.9. The third-order valence-electron chi connectivity index (χ3n) is 4.37. The molecule has 7 heteroatoms. The van der Waals surface area contributed by atoms with Crippen LogP contribution in [0.1, 0.15) is 17.0 Å². The first kappa shape index (κ1) is 17.8. The van der Waals surface area contributed by atoms with Gasteiger partial charge in [-0.05, 0) is 36.8 Å². The Labute approximate surface area is 161 Å². The molecular weight excluding hydrogens is 357 g/mol. The summed E-state index contributed by atoms with van der Waals surface area (Å²) in [6, 6.07) is 17.8. The van der Waals surface area contributed by atoms with E-state index in [4.69, 9.17) is 0 Å². The van der Waals surface area contributed by atoms with Gasteiger partial charge in [-0.2, -0.15) is 9.61 Å². The van der Waals surface area contributed by atoms with E-state index >= 15 is 0 Å². The number of carbonyl (C=O) groups is 1. The van der Waals surface area contributed by atoms with E-state index in [9.17, 15) is 9.18 Å². The van der Waals surface area contributed by atoms with Crippen molar-refractivity contribution in [1.82, 2.24) is 25.1 Å². The fourth-order valence-corrected chi connectivity index (χ4v) is 2.89. The van der Waals surface area contributed by atoms with Crippen LogP contribution in [0, 0.1) is 12.7 Å². The van der Waals surface area contributed by atoms with Crippen molar-refractivity contribution < 1.29 is 9.18 Å². The molecule has 1 amide bonds. The second-order valence-electron chi connectivity index (χ2n) is 6.55. The topological polar surface area (TPSA) is 72.2 Å². The quantitative estimate of drug-likeness (QED) is 0.582. The van der Waals surface area contributed by atoms with Crippen molar-refractivity contribution in [2.75, 3.05) is 0 Å². The summed E-state index contributed by atoms with van der Waals surface area (Å²) in [5.41, 5.74) is 4.17. The Kier molecular flexibility index (Phi) is 4.80. The molecule has 0 radical (unpaired) electrons. The Balaban J connectivity index is 1.50. The molecule has 6 nitrogen and oxygen atoms in total. The maximum Gasteiger partial charge on any atom is 0.224 e. The van der Waals surface area contributed by atoms with Crippen LogP contribution < -0.4 is 5.32 Å². The molecule has 140 valence electrons. The van der Waals surface area contributed by atoms with Crippen molar-refractivity contribution >= 4 is 11.6 Å². The van der Waals surface area contributed by atoms with Crippen molar-refractivity contribution in [3.05, 3.63) is 83.4 Å². The fourth-order valence-electron chi connectivity index (χ4n) is 2.89. The van der Waals surface area contributed by atoms with Gasteiger partial charge in [-0.3, -0.25) is 4.79 Å². The summed E-state index contributed by atoms with van der Waals surface area (Å²) in [6.45, 7) is 2.21. The van der Waals surface area contributed by atoms with Crippen LogP contribution in [-0.4, -0.2) is 25.7 Å². The number of carbonyl (C=O) groups excluding carboxylic acids is 1. The summed E-state index contributed by atoms with van der Waals surface area (Å²) in [5.74, 6) is -0.0600. The molecule has 0 fully saturated rings. The minimum atomic E-state index is -0.360. The smallest absolute Gasteiger partial charge is 0.224 e. The van der Waals surface area contributed by atoms with Crippen LogP contribution >= 0.6 is 0 Å². The molecule has 0 spiro atoms. The number of aromatic nitrogens is 4. The summed E-state index contributed by atoms with van der Waals surface area (Å²) in [5, 5.41) is 15.6. The molecule has 0 saturated carbocycles. The van der Waals surface area contributed by atoms with Crippen molar-refractivity contribution in [2.24, 2.45) is 0 Å². The van der Waals surface area contributed by atoms with E-state index in [1.54, 1.807) is 16.6 Å². The third-order valence-corrected chi connectivity index (χ3v) is 4.37. The van der Waals surface area contributed by atoms with Gasteiger partial charge in [-0.15, -0.1) is 10.2 Å².